The lowest BCUT2D eigenvalue weighted by Crippen LogP contribution is -2.47. The molecule has 0 fully saturated rings. The fourth-order valence-electron chi connectivity index (χ4n) is 1.15. The van der Waals surface area contributed by atoms with Gasteiger partial charge in [0.1, 0.15) is 8.24 Å². The highest BCUT2D eigenvalue weighted by Gasteiger charge is 2.28. The highest BCUT2D eigenvalue weighted by atomic mass is 127. The van der Waals surface area contributed by atoms with Gasteiger partial charge in [0.05, 0.1) is 0 Å². The summed E-state index contributed by atoms with van der Waals surface area (Å²) in [5.74, 6) is 0. The molecular formula is C6H20INSSi2. The zero-order chi connectivity index (χ0) is 9.28. The summed E-state index contributed by atoms with van der Waals surface area (Å²) in [5.41, 5.74) is 0. The number of rotatable bonds is 3. The molecule has 0 saturated heterocycles. The summed E-state index contributed by atoms with van der Waals surface area (Å²) in [7, 11) is -1.40. The molecule has 0 spiro atoms. The average molecular weight is 321 g/mol. The summed E-state index contributed by atoms with van der Waals surface area (Å²) in [5, 5.41) is 0. The lowest BCUT2D eigenvalue weighted by atomic mass is 11.8. The molecular weight excluding hydrogens is 301 g/mol. The Kier molecular flexibility index (Phi) is 4.67. The SMILES string of the molecule is C[Si](C)(C)N([SiH2]I)S(C)(C)C. The van der Waals surface area contributed by atoms with Gasteiger partial charge in [0, 0.05) is 0 Å². The predicted octanol–water partition coefficient (Wildman–Crippen LogP) is 2.17. The van der Waals surface area contributed by atoms with Gasteiger partial charge >= 0.3 is 0 Å². The lowest BCUT2D eigenvalue weighted by Gasteiger charge is -2.47. The van der Waals surface area contributed by atoms with Gasteiger partial charge in [0.15, 0.2) is 7.18 Å². The molecule has 70 valence electrons. The van der Waals surface area contributed by atoms with Crippen LogP contribution in [0.3, 0.4) is 0 Å². The molecule has 0 rings (SSSR count). The Labute approximate surface area is 89.0 Å². The van der Waals surface area contributed by atoms with Crippen molar-refractivity contribution in [3.05, 3.63) is 0 Å². The molecule has 0 aliphatic carbocycles. The largest absolute Gasteiger partial charge is 0.305 e. The highest BCUT2D eigenvalue weighted by Crippen LogP contribution is 2.43. The Hall–Kier alpha value is 1.47. The third-order valence-electron chi connectivity index (χ3n) is 1.52. The van der Waals surface area contributed by atoms with Gasteiger partial charge in [0.2, 0.25) is 0 Å². The fourth-order valence-corrected chi connectivity index (χ4v) is 27.1. The first-order chi connectivity index (χ1) is 4.69. The van der Waals surface area contributed by atoms with Gasteiger partial charge in [-0.3, -0.25) is 0 Å². The Bertz CT molecular complexity index is 116. The van der Waals surface area contributed by atoms with E-state index in [1.807, 2.05) is 0 Å². The Balaban J connectivity index is 4.43. The molecule has 5 heteroatoms. The molecule has 0 aliphatic rings. The summed E-state index contributed by atoms with van der Waals surface area (Å²) >= 11 is 2.62. The molecule has 0 aromatic carbocycles. The molecule has 0 bridgehead atoms. The summed E-state index contributed by atoms with van der Waals surface area (Å²) in [6, 6.07) is 0. The first-order valence-corrected chi connectivity index (χ1v) is 15.7. The second-order valence-electron chi connectivity index (χ2n) is 4.44. The third kappa shape index (κ3) is 4.30. The minimum atomic E-state index is -0.997. The molecule has 0 aliphatic heterocycles. The van der Waals surface area contributed by atoms with Crippen LogP contribution in [0.15, 0.2) is 0 Å². The van der Waals surface area contributed by atoms with Gasteiger partial charge in [0.25, 0.3) is 0 Å². The number of nitrogens with zero attached hydrogens (tertiary/aromatic N) is 1. The van der Waals surface area contributed by atoms with Crippen LogP contribution >= 0.6 is 32.0 Å². The zero-order valence-corrected chi connectivity index (χ0v) is 13.8. The molecule has 0 heterocycles. The van der Waals surface area contributed by atoms with Crippen LogP contribution in [-0.2, 0) is 0 Å². The van der Waals surface area contributed by atoms with Crippen LogP contribution in [-0.4, -0.2) is 37.8 Å². The van der Waals surface area contributed by atoms with Gasteiger partial charge in [-0.15, -0.1) is 21.8 Å². The van der Waals surface area contributed by atoms with E-state index in [0.717, 1.165) is 0 Å². The van der Waals surface area contributed by atoms with Crippen molar-refractivity contribution in [2.75, 3.05) is 18.8 Å². The van der Waals surface area contributed by atoms with Gasteiger partial charge in [-0.25, -0.2) is 10.2 Å². The standard InChI is InChI=1S/C6H20INSSi2/c1-9(2,3)8(10-7)11(4,5)6/h10H2,1-6H3. The lowest BCUT2D eigenvalue weighted by molar-refractivity contribution is 1.06. The maximum absolute atomic E-state index is 2.85. The molecule has 0 unspecified atom stereocenters. The van der Waals surface area contributed by atoms with E-state index < -0.39 is 18.4 Å². The van der Waals surface area contributed by atoms with E-state index in [0.29, 0.717) is 0 Å². The molecule has 0 atom stereocenters. The van der Waals surface area contributed by atoms with Gasteiger partial charge < -0.3 is 3.64 Å². The van der Waals surface area contributed by atoms with E-state index in [9.17, 15) is 0 Å². The van der Waals surface area contributed by atoms with Gasteiger partial charge in [-0.2, -0.15) is 0 Å². The van der Waals surface area contributed by atoms with Crippen molar-refractivity contribution in [1.29, 1.82) is 0 Å². The van der Waals surface area contributed by atoms with Crippen molar-refractivity contribution in [3.8, 4) is 0 Å². The molecule has 0 radical (unpaired) electrons. The van der Waals surface area contributed by atoms with Crippen molar-refractivity contribution in [1.82, 2.24) is 3.64 Å². The van der Waals surface area contributed by atoms with Crippen LogP contribution in [0.1, 0.15) is 0 Å². The van der Waals surface area contributed by atoms with E-state index in [-0.39, 0.29) is 7.18 Å². The summed E-state index contributed by atoms with van der Waals surface area (Å²) in [6.07, 6.45) is 7.24. The quantitative estimate of drug-likeness (QED) is 0.437. The van der Waals surface area contributed by atoms with Crippen LogP contribution in [0.5, 0.6) is 0 Å². The Morgan fingerprint density at radius 2 is 1.55 bits per heavy atom. The zero-order valence-electron chi connectivity index (χ0n) is 8.44. The van der Waals surface area contributed by atoms with Crippen LogP contribution < -0.4 is 0 Å². The number of hydrogen-bond acceptors (Lipinski definition) is 1. The van der Waals surface area contributed by atoms with Crippen molar-refractivity contribution >= 4 is 47.4 Å². The van der Waals surface area contributed by atoms with E-state index in [4.69, 9.17) is 0 Å². The van der Waals surface area contributed by atoms with Crippen LogP contribution in [0, 0.1) is 0 Å². The smallest absolute Gasteiger partial charge is 0.167 e. The topological polar surface area (TPSA) is 3.24 Å². The molecule has 1 nitrogen and oxygen atoms in total. The first kappa shape index (κ1) is 12.5. The van der Waals surface area contributed by atoms with E-state index in [1.54, 1.807) is 0 Å². The molecule has 0 saturated carbocycles. The number of halogens is 1. The molecule has 0 aromatic heterocycles. The third-order valence-corrected chi connectivity index (χ3v) is 19.2. The number of hydrogen-bond donors (Lipinski definition) is 0. The molecule has 11 heavy (non-hydrogen) atoms. The monoisotopic (exact) mass is 321 g/mol. The van der Waals surface area contributed by atoms with E-state index in [2.05, 4.69) is 63.8 Å². The summed E-state index contributed by atoms with van der Waals surface area (Å²) < 4.78 is 2.85. The van der Waals surface area contributed by atoms with Crippen molar-refractivity contribution in [2.45, 2.75) is 19.6 Å². The summed E-state index contributed by atoms with van der Waals surface area (Å²) in [4.78, 5) is 0. The molecule has 0 aromatic rings. The second-order valence-corrected chi connectivity index (χ2v) is 17.6. The minimum Gasteiger partial charge on any atom is -0.305 e. The van der Waals surface area contributed by atoms with Crippen molar-refractivity contribution in [3.63, 3.8) is 0 Å². The molecule has 0 amide bonds. The van der Waals surface area contributed by atoms with Crippen LogP contribution in [0.25, 0.3) is 0 Å². The van der Waals surface area contributed by atoms with Crippen LogP contribution in [0.4, 0.5) is 0 Å². The normalized spacial score (nSPS) is 16.7. The van der Waals surface area contributed by atoms with Gasteiger partial charge in [-0.1, -0.05) is 19.6 Å². The Morgan fingerprint density at radius 1 is 1.18 bits per heavy atom. The highest BCUT2D eigenvalue weighted by molar-refractivity contribution is 14.1. The maximum Gasteiger partial charge on any atom is 0.167 e. The summed E-state index contributed by atoms with van der Waals surface area (Å²) in [6.45, 7) is 7.37. The predicted molar refractivity (Wildman–Crippen MR) is 73.1 cm³/mol. The average Bonchev–Trinajstić information content (AvgIpc) is 1.56. The second kappa shape index (κ2) is 4.12. The molecule has 0 N–H and O–H groups in total. The minimum absolute atomic E-state index is 0.0217. The van der Waals surface area contributed by atoms with E-state index >= 15 is 0 Å². The van der Waals surface area contributed by atoms with Crippen molar-refractivity contribution in [2.24, 2.45) is 0 Å². The Morgan fingerprint density at radius 3 is 1.55 bits per heavy atom. The van der Waals surface area contributed by atoms with Crippen molar-refractivity contribution < 1.29 is 0 Å². The maximum atomic E-state index is 2.85. The van der Waals surface area contributed by atoms with E-state index in [1.165, 1.54) is 0 Å². The first-order valence-electron chi connectivity index (χ1n) is 3.71. The van der Waals surface area contributed by atoms with Gasteiger partial charge in [-0.05, 0) is 18.8 Å². The fraction of sp³-hybridized carbons (Fsp3) is 1.00. The van der Waals surface area contributed by atoms with Crippen LogP contribution in [0.2, 0.25) is 19.6 Å².